The molecule has 2 unspecified atom stereocenters. The number of nitrogens with one attached hydrogen (secondary N) is 1. The SMILES string of the molecule is CC1CCCC(C)N1C(=O)c1cc(Cl)ccc1NC(=O)c1ccc2c(c1)OCCCO2. The molecule has 2 aliphatic rings. The number of likely N-dealkylation sites (tertiary alicyclic amines) is 1. The van der Waals surface area contributed by atoms with Crippen molar-refractivity contribution in [2.45, 2.75) is 51.6 Å². The van der Waals surface area contributed by atoms with E-state index in [0.29, 0.717) is 46.5 Å². The number of benzene rings is 2. The summed E-state index contributed by atoms with van der Waals surface area (Å²) in [5.74, 6) is 0.737. The molecule has 2 heterocycles. The molecule has 4 rings (SSSR count). The van der Waals surface area contributed by atoms with Gasteiger partial charge < -0.3 is 19.7 Å². The molecule has 0 aromatic heterocycles. The van der Waals surface area contributed by atoms with Crippen molar-refractivity contribution in [2.24, 2.45) is 0 Å². The first-order chi connectivity index (χ1) is 14.9. The summed E-state index contributed by atoms with van der Waals surface area (Å²) in [7, 11) is 0. The number of fused-ring (bicyclic) bond motifs is 1. The van der Waals surface area contributed by atoms with Gasteiger partial charge in [-0.2, -0.15) is 0 Å². The molecule has 1 fully saturated rings. The zero-order valence-electron chi connectivity index (χ0n) is 17.8. The van der Waals surface area contributed by atoms with Crippen molar-refractivity contribution in [3.63, 3.8) is 0 Å². The Morgan fingerprint density at radius 2 is 1.68 bits per heavy atom. The van der Waals surface area contributed by atoms with Gasteiger partial charge in [-0.05, 0) is 69.5 Å². The summed E-state index contributed by atoms with van der Waals surface area (Å²) >= 11 is 6.21. The number of ether oxygens (including phenoxy) is 2. The molecule has 2 atom stereocenters. The number of piperidine rings is 1. The Morgan fingerprint density at radius 3 is 2.42 bits per heavy atom. The van der Waals surface area contributed by atoms with E-state index in [0.717, 1.165) is 25.7 Å². The molecule has 2 aliphatic heterocycles. The van der Waals surface area contributed by atoms with Crippen molar-refractivity contribution in [2.75, 3.05) is 18.5 Å². The first-order valence-corrected chi connectivity index (χ1v) is 11.1. The molecule has 1 saturated heterocycles. The second kappa shape index (κ2) is 9.18. The average Bonchev–Trinajstić information content (AvgIpc) is 2.99. The van der Waals surface area contributed by atoms with Crippen LogP contribution in [0.3, 0.4) is 0 Å². The van der Waals surface area contributed by atoms with E-state index in [-0.39, 0.29) is 23.9 Å². The Bertz CT molecular complexity index is 984. The fourth-order valence-electron chi connectivity index (χ4n) is 4.26. The van der Waals surface area contributed by atoms with Crippen LogP contribution in [0.4, 0.5) is 5.69 Å². The highest BCUT2D eigenvalue weighted by Gasteiger charge is 2.31. The predicted octanol–water partition coefficient (Wildman–Crippen LogP) is 5.16. The first-order valence-electron chi connectivity index (χ1n) is 10.8. The maximum Gasteiger partial charge on any atom is 0.256 e. The van der Waals surface area contributed by atoms with Crippen LogP contribution < -0.4 is 14.8 Å². The van der Waals surface area contributed by atoms with Crippen LogP contribution in [0.15, 0.2) is 36.4 Å². The standard InChI is InChI=1S/C24H27ClN2O4/c1-15-5-3-6-16(2)27(15)24(29)19-14-18(25)8-9-20(19)26-23(28)17-7-10-21-22(13-17)31-12-4-11-30-21/h7-10,13-16H,3-6,11-12H2,1-2H3,(H,26,28). The molecule has 6 nitrogen and oxygen atoms in total. The number of halogens is 1. The van der Waals surface area contributed by atoms with Crippen molar-refractivity contribution >= 4 is 29.1 Å². The second-order valence-electron chi connectivity index (χ2n) is 8.20. The fraction of sp³-hybridized carbons (Fsp3) is 0.417. The minimum Gasteiger partial charge on any atom is -0.490 e. The highest BCUT2D eigenvalue weighted by Crippen LogP contribution is 2.32. The highest BCUT2D eigenvalue weighted by atomic mass is 35.5. The van der Waals surface area contributed by atoms with Gasteiger partial charge in [0.2, 0.25) is 0 Å². The van der Waals surface area contributed by atoms with E-state index in [1.165, 1.54) is 0 Å². The molecule has 1 N–H and O–H groups in total. The quantitative estimate of drug-likeness (QED) is 0.713. The summed E-state index contributed by atoms with van der Waals surface area (Å²) in [6.07, 6.45) is 3.83. The van der Waals surface area contributed by atoms with Crippen molar-refractivity contribution in [1.29, 1.82) is 0 Å². The normalized spacial score (nSPS) is 20.7. The molecule has 0 radical (unpaired) electrons. The lowest BCUT2D eigenvalue weighted by atomic mass is 9.96. The van der Waals surface area contributed by atoms with Gasteiger partial charge in [-0.3, -0.25) is 9.59 Å². The number of amides is 2. The van der Waals surface area contributed by atoms with Crippen LogP contribution in [0, 0.1) is 0 Å². The lowest BCUT2D eigenvalue weighted by Crippen LogP contribution is -2.47. The summed E-state index contributed by atoms with van der Waals surface area (Å²) in [6.45, 7) is 5.25. The third-order valence-electron chi connectivity index (χ3n) is 5.90. The lowest BCUT2D eigenvalue weighted by molar-refractivity contribution is 0.0512. The molecule has 0 saturated carbocycles. The molecule has 0 spiro atoms. The van der Waals surface area contributed by atoms with E-state index >= 15 is 0 Å². The molecule has 2 aromatic carbocycles. The van der Waals surface area contributed by atoms with Crippen LogP contribution >= 0.6 is 11.6 Å². The minimum absolute atomic E-state index is 0.115. The van der Waals surface area contributed by atoms with Crippen LogP contribution in [0.1, 0.15) is 60.2 Å². The molecule has 0 bridgehead atoms. The van der Waals surface area contributed by atoms with Crippen LogP contribution in [0.5, 0.6) is 11.5 Å². The smallest absolute Gasteiger partial charge is 0.256 e. The van der Waals surface area contributed by atoms with Gasteiger partial charge in [0.15, 0.2) is 11.5 Å². The summed E-state index contributed by atoms with van der Waals surface area (Å²) in [4.78, 5) is 28.3. The maximum atomic E-state index is 13.4. The fourth-order valence-corrected chi connectivity index (χ4v) is 4.43. The van der Waals surface area contributed by atoms with Crippen LogP contribution in [0.2, 0.25) is 5.02 Å². The zero-order valence-corrected chi connectivity index (χ0v) is 18.6. The Morgan fingerprint density at radius 1 is 0.968 bits per heavy atom. The Kier molecular flexibility index (Phi) is 6.37. The third-order valence-corrected chi connectivity index (χ3v) is 6.13. The van der Waals surface area contributed by atoms with Gasteiger partial charge in [-0.1, -0.05) is 11.6 Å². The summed E-state index contributed by atoms with van der Waals surface area (Å²) in [5, 5.41) is 3.34. The van der Waals surface area contributed by atoms with Crippen LogP contribution in [-0.2, 0) is 0 Å². The average molecular weight is 443 g/mol. The van der Waals surface area contributed by atoms with Crippen molar-refractivity contribution in [3.05, 3.63) is 52.5 Å². The molecule has 2 amide bonds. The summed E-state index contributed by atoms with van der Waals surface area (Å²) in [5.41, 5.74) is 1.27. The summed E-state index contributed by atoms with van der Waals surface area (Å²) < 4.78 is 11.3. The van der Waals surface area contributed by atoms with Crippen LogP contribution in [-0.4, -0.2) is 42.0 Å². The largest absolute Gasteiger partial charge is 0.490 e. The number of hydrogen-bond donors (Lipinski definition) is 1. The van der Waals surface area contributed by atoms with Gasteiger partial charge in [0, 0.05) is 29.1 Å². The third kappa shape index (κ3) is 4.64. The van der Waals surface area contributed by atoms with Gasteiger partial charge in [0.25, 0.3) is 11.8 Å². The van der Waals surface area contributed by atoms with E-state index < -0.39 is 0 Å². The monoisotopic (exact) mass is 442 g/mol. The van der Waals surface area contributed by atoms with Crippen LogP contribution in [0.25, 0.3) is 0 Å². The van der Waals surface area contributed by atoms with Gasteiger partial charge in [-0.25, -0.2) is 0 Å². The number of hydrogen-bond acceptors (Lipinski definition) is 4. The van der Waals surface area contributed by atoms with E-state index in [4.69, 9.17) is 21.1 Å². The number of rotatable bonds is 3. The zero-order chi connectivity index (χ0) is 22.0. The number of carbonyl (C=O) groups is 2. The molecule has 164 valence electrons. The van der Waals surface area contributed by atoms with Gasteiger partial charge >= 0.3 is 0 Å². The van der Waals surface area contributed by atoms with Gasteiger partial charge in [0.05, 0.1) is 24.5 Å². The maximum absolute atomic E-state index is 13.4. The molecular formula is C24H27ClN2O4. The Hall–Kier alpha value is -2.73. The van der Waals surface area contributed by atoms with E-state index in [1.807, 2.05) is 4.90 Å². The van der Waals surface area contributed by atoms with Gasteiger partial charge in [0.1, 0.15) is 0 Å². The molecule has 0 aliphatic carbocycles. The number of carbonyl (C=O) groups excluding carboxylic acids is 2. The topological polar surface area (TPSA) is 67.9 Å². The first kappa shape index (κ1) is 21.5. The van der Waals surface area contributed by atoms with E-state index in [1.54, 1.807) is 36.4 Å². The predicted molar refractivity (Wildman–Crippen MR) is 120 cm³/mol. The minimum atomic E-state index is -0.327. The van der Waals surface area contributed by atoms with Crippen molar-refractivity contribution in [3.8, 4) is 11.5 Å². The summed E-state index contributed by atoms with van der Waals surface area (Å²) in [6, 6.07) is 10.3. The molecule has 31 heavy (non-hydrogen) atoms. The highest BCUT2D eigenvalue weighted by molar-refractivity contribution is 6.31. The number of nitrogens with zero attached hydrogens (tertiary/aromatic N) is 1. The van der Waals surface area contributed by atoms with Gasteiger partial charge in [-0.15, -0.1) is 0 Å². The second-order valence-corrected chi connectivity index (χ2v) is 8.63. The molecule has 2 aromatic rings. The van der Waals surface area contributed by atoms with E-state index in [2.05, 4.69) is 19.2 Å². The Balaban J connectivity index is 1.60. The van der Waals surface area contributed by atoms with Crippen molar-refractivity contribution in [1.82, 2.24) is 4.90 Å². The van der Waals surface area contributed by atoms with Crippen molar-refractivity contribution < 1.29 is 19.1 Å². The van der Waals surface area contributed by atoms with E-state index in [9.17, 15) is 9.59 Å². The molecular weight excluding hydrogens is 416 g/mol. The molecule has 7 heteroatoms. The number of anilines is 1. The Labute approximate surface area is 187 Å². The lowest BCUT2D eigenvalue weighted by Gasteiger charge is -2.39.